The Kier molecular flexibility index (Phi) is 4.16. The van der Waals surface area contributed by atoms with Gasteiger partial charge in [0.25, 0.3) is 21.8 Å². The SMILES string of the molecule is O=C1COc2cc(C(=O)NS(=O)(=O)c3ccc(Cl)cc3)ccc2N1. The molecule has 0 aliphatic carbocycles. The molecule has 2 aromatic rings. The van der Waals surface area contributed by atoms with Crippen LogP contribution in [0.1, 0.15) is 10.4 Å². The zero-order valence-electron chi connectivity index (χ0n) is 12.1. The van der Waals surface area contributed by atoms with Crippen molar-refractivity contribution in [2.24, 2.45) is 0 Å². The number of carbonyl (C=O) groups excluding carboxylic acids is 2. The lowest BCUT2D eigenvalue weighted by Gasteiger charge is -2.18. The van der Waals surface area contributed by atoms with E-state index in [1.54, 1.807) is 0 Å². The molecule has 3 rings (SSSR count). The van der Waals surface area contributed by atoms with Crippen LogP contribution < -0.4 is 14.8 Å². The van der Waals surface area contributed by atoms with E-state index in [-0.39, 0.29) is 23.0 Å². The van der Waals surface area contributed by atoms with Crippen molar-refractivity contribution in [2.45, 2.75) is 4.90 Å². The number of hydrogen-bond donors (Lipinski definition) is 2. The van der Waals surface area contributed by atoms with E-state index >= 15 is 0 Å². The van der Waals surface area contributed by atoms with Crippen LogP contribution in [-0.4, -0.2) is 26.8 Å². The molecule has 0 saturated heterocycles. The first-order valence-electron chi connectivity index (χ1n) is 6.74. The van der Waals surface area contributed by atoms with Crippen molar-refractivity contribution in [3.63, 3.8) is 0 Å². The fraction of sp³-hybridized carbons (Fsp3) is 0.0667. The fourth-order valence-electron chi connectivity index (χ4n) is 2.07. The number of anilines is 1. The summed E-state index contributed by atoms with van der Waals surface area (Å²) in [6.07, 6.45) is 0. The molecule has 0 atom stereocenters. The van der Waals surface area contributed by atoms with Gasteiger partial charge >= 0.3 is 0 Å². The summed E-state index contributed by atoms with van der Waals surface area (Å²) in [5, 5.41) is 2.96. The molecule has 0 aromatic heterocycles. The maximum Gasteiger partial charge on any atom is 0.265 e. The molecule has 2 amide bonds. The van der Waals surface area contributed by atoms with E-state index in [9.17, 15) is 18.0 Å². The predicted octanol–water partition coefficient (Wildman–Crippen LogP) is 1.79. The van der Waals surface area contributed by atoms with Crippen LogP contribution in [0.5, 0.6) is 5.75 Å². The highest BCUT2D eigenvalue weighted by Crippen LogP contribution is 2.28. The van der Waals surface area contributed by atoms with Crippen LogP contribution in [0.4, 0.5) is 5.69 Å². The van der Waals surface area contributed by atoms with Gasteiger partial charge in [-0.25, -0.2) is 13.1 Å². The summed E-state index contributed by atoms with van der Waals surface area (Å²) < 4.78 is 31.6. The summed E-state index contributed by atoms with van der Waals surface area (Å²) in [5.74, 6) is -0.815. The van der Waals surface area contributed by atoms with E-state index in [2.05, 4.69) is 5.32 Å². The summed E-state index contributed by atoms with van der Waals surface area (Å²) in [5.41, 5.74) is 0.505. The number of sulfonamides is 1. The second-order valence-electron chi connectivity index (χ2n) is 4.94. The van der Waals surface area contributed by atoms with Crippen molar-refractivity contribution < 1.29 is 22.7 Å². The monoisotopic (exact) mass is 366 g/mol. The van der Waals surface area contributed by atoms with Gasteiger partial charge in [0.2, 0.25) is 0 Å². The summed E-state index contributed by atoms with van der Waals surface area (Å²) in [7, 11) is -4.02. The molecule has 0 unspecified atom stereocenters. The Morgan fingerprint density at radius 3 is 2.58 bits per heavy atom. The van der Waals surface area contributed by atoms with Gasteiger partial charge in [-0.1, -0.05) is 11.6 Å². The number of benzene rings is 2. The lowest BCUT2D eigenvalue weighted by molar-refractivity contribution is -0.118. The second-order valence-corrected chi connectivity index (χ2v) is 7.06. The first kappa shape index (κ1) is 16.3. The normalized spacial score (nSPS) is 13.5. The molecule has 1 heterocycles. The van der Waals surface area contributed by atoms with Gasteiger partial charge in [-0.15, -0.1) is 0 Å². The van der Waals surface area contributed by atoms with E-state index in [1.807, 2.05) is 4.72 Å². The second kappa shape index (κ2) is 6.14. The number of carbonyl (C=O) groups is 2. The molecule has 0 spiro atoms. The molecule has 0 saturated carbocycles. The Bertz CT molecular complexity index is 925. The van der Waals surface area contributed by atoms with Crippen LogP contribution in [0.15, 0.2) is 47.4 Å². The number of halogens is 1. The van der Waals surface area contributed by atoms with Gasteiger partial charge in [-0.3, -0.25) is 9.59 Å². The summed E-state index contributed by atoms with van der Waals surface area (Å²) >= 11 is 5.72. The largest absolute Gasteiger partial charge is 0.482 e. The lowest BCUT2D eigenvalue weighted by atomic mass is 10.1. The Morgan fingerprint density at radius 1 is 1.17 bits per heavy atom. The molecule has 0 fully saturated rings. The molecule has 1 aliphatic rings. The molecule has 24 heavy (non-hydrogen) atoms. The predicted molar refractivity (Wildman–Crippen MR) is 86.7 cm³/mol. The fourth-order valence-corrected chi connectivity index (χ4v) is 3.17. The third kappa shape index (κ3) is 3.34. The maximum atomic E-state index is 12.2. The van der Waals surface area contributed by atoms with E-state index in [0.29, 0.717) is 16.5 Å². The molecule has 2 aromatic carbocycles. The average Bonchev–Trinajstić information content (AvgIpc) is 2.54. The van der Waals surface area contributed by atoms with E-state index in [1.165, 1.54) is 42.5 Å². The topological polar surface area (TPSA) is 102 Å². The van der Waals surface area contributed by atoms with Crippen molar-refractivity contribution in [2.75, 3.05) is 11.9 Å². The highest BCUT2D eigenvalue weighted by atomic mass is 35.5. The number of fused-ring (bicyclic) bond motifs is 1. The van der Waals surface area contributed by atoms with Gasteiger partial charge < -0.3 is 10.1 Å². The average molecular weight is 367 g/mol. The van der Waals surface area contributed by atoms with Crippen LogP contribution in [0.25, 0.3) is 0 Å². The van der Waals surface area contributed by atoms with Gasteiger partial charge in [0.15, 0.2) is 6.61 Å². The van der Waals surface area contributed by atoms with Crippen LogP contribution in [-0.2, 0) is 14.8 Å². The Morgan fingerprint density at radius 2 is 1.88 bits per heavy atom. The first-order valence-corrected chi connectivity index (χ1v) is 8.61. The Labute approximate surface area is 142 Å². The number of rotatable bonds is 3. The summed E-state index contributed by atoms with van der Waals surface area (Å²) in [6, 6.07) is 9.64. The van der Waals surface area contributed by atoms with Crippen LogP contribution >= 0.6 is 11.6 Å². The zero-order valence-corrected chi connectivity index (χ0v) is 13.6. The van der Waals surface area contributed by atoms with Crippen molar-refractivity contribution in [3.05, 3.63) is 53.1 Å². The minimum absolute atomic E-state index is 0.0817. The molecule has 2 N–H and O–H groups in total. The standard InChI is InChI=1S/C15H11ClN2O5S/c16-10-2-4-11(5-3-10)24(21,22)18-15(20)9-1-6-12-13(7-9)23-8-14(19)17-12/h1-7H,8H2,(H,17,19)(H,18,20). The van der Waals surface area contributed by atoms with Crippen LogP contribution in [0, 0.1) is 0 Å². The third-order valence-corrected chi connectivity index (χ3v) is 4.83. The van der Waals surface area contributed by atoms with E-state index in [0.717, 1.165) is 0 Å². The van der Waals surface area contributed by atoms with Gasteiger partial charge in [0.05, 0.1) is 10.6 Å². The van der Waals surface area contributed by atoms with E-state index in [4.69, 9.17) is 16.3 Å². The molecular formula is C15H11ClN2O5S. The third-order valence-electron chi connectivity index (χ3n) is 3.23. The maximum absolute atomic E-state index is 12.2. The Hall–Kier alpha value is -2.58. The van der Waals surface area contributed by atoms with Gasteiger partial charge in [-0.2, -0.15) is 0 Å². The minimum Gasteiger partial charge on any atom is -0.482 e. The molecule has 9 heteroatoms. The smallest absolute Gasteiger partial charge is 0.265 e. The van der Waals surface area contributed by atoms with Crippen LogP contribution in [0.3, 0.4) is 0 Å². The van der Waals surface area contributed by atoms with Gasteiger partial charge in [-0.05, 0) is 42.5 Å². The minimum atomic E-state index is -4.02. The molecule has 124 valence electrons. The molecular weight excluding hydrogens is 356 g/mol. The van der Waals surface area contributed by atoms with Gasteiger partial charge in [0.1, 0.15) is 5.75 Å². The summed E-state index contributed by atoms with van der Waals surface area (Å²) in [6.45, 7) is -0.166. The van der Waals surface area contributed by atoms with Gasteiger partial charge in [0, 0.05) is 10.6 Å². The molecule has 0 bridgehead atoms. The van der Waals surface area contributed by atoms with Crippen molar-refractivity contribution >= 4 is 39.1 Å². The van der Waals surface area contributed by atoms with E-state index < -0.39 is 15.9 Å². The van der Waals surface area contributed by atoms with Crippen molar-refractivity contribution in [1.82, 2.24) is 4.72 Å². The lowest BCUT2D eigenvalue weighted by Crippen LogP contribution is -2.31. The quantitative estimate of drug-likeness (QED) is 0.862. The van der Waals surface area contributed by atoms with Crippen LogP contribution in [0.2, 0.25) is 5.02 Å². The number of hydrogen-bond acceptors (Lipinski definition) is 5. The highest BCUT2D eigenvalue weighted by Gasteiger charge is 2.21. The summed E-state index contributed by atoms with van der Waals surface area (Å²) in [4.78, 5) is 23.3. The number of nitrogens with one attached hydrogen (secondary N) is 2. The van der Waals surface area contributed by atoms with Crippen molar-refractivity contribution in [3.8, 4) is 5.75 Å². The molecule has 7 nitrogen and oxygen atoms in total. The molecule has 0 radical (unpaired) electrons. The first-order chi connectivity index (χ1) is 11.3. The number of ether oxygens (including phenoxy) is 1. The highest BCUT2D eigenvalue weighted by molar-refractivity contribution is 7.90. The molecule has 1 aliphatic heterocycles. The Balaban J connectivity index is 1.82. The van der Waals surface area contributed by atoms with Crippen molar-refractivity contribution in [1.29, 1.82) is 0 Å². The number of amides is 2. The zero-order chi connectivity index (χ0) is 17.3.